The van der Waals surface area contributed by atoms with E-state index in [1.807, 2.05) is 0 Å². The van der Waals surface area contributed by atoms with Crippen LogP contribution in [0, 0.1) is 9.37 Å². The number of hydrogen-bond acceptors (Lipinski definition) is 5. The highest BCUT2D eigenvalue weighted by Gasteiger charge is 2.29. The largest absolute Gasteiger partial charge is 0.381 e. The normalized spacial score (nSPS) is 26.6. The molecule has 2 heterocycles. The fourth-order valence-electron chi connectivity index (χ4n) is 1.44. The van der Waals surface area contributed by atoms with Gasteiger partial charge in [0.25, 0.3) is 0 Å². The first-order chi connectivity index (χ1) is 6.68. The molecule has 1 aliphatic rings. The number of ether oxygens (including phenoxy) is 1. The lowest BCUT2D eigenvalue weighted by molar-refractivity contribution is 0.164. The molecule has 0 radical (unpaired) electrons. The van der Waals surface area contributed by atoms with E-state index in [0.29, 0.717) is 3.95 Å². The third-order valence-corrected chi connectivity index (χ3v) is 3.45. The number of anilines is 1. The van der Waals surface area contributed by atoms with E-state index < -0.39 is 0 Å². The first-order valence-corrected chi connectivity index (χ1v) is 5.78. The summed E-state index contributed by atoms with van der Waals surface area (Å²) in [5.74, 6) is 0. The van der Waals surface area contributed by atoms with Crippen LogP contribution in [-0.2, 0) is 4.74 Å². The van der Waals surface area contributed by atoms with Gasteiger partial charge in [-0.2, -0.15) is 0 Å². The molecule has 1 saturated heterocycles. The van der Waals surface area contributed by atoms with Gasteiger partial charge in [-0.25, -0.2) is 0 Å². The van der Waals surface area contributed by atoms with Gasteiger partial charge >= 0.3 is 0 Å². The van der Waals surface area contributed by atoms with Gasteiger partial charge in [0.2, 0.25) is 5.13 Å². The van der Waals surface area contributed by atoms with Crippen molar-refractivity contribution < 1.29 is 4.74 Å². The van der Waals surface area contributed by atoms with Crippen molar-refractivity contribution in [2.45, 2.75) is 13.3 Å². The third kappa shape index (κ3) is 2.31. The molecule has 1 aliphatic heterocycles. The number of aromatic amines is 1. The molecule has 0 aromatic carbocycles. The molecule has 0 spiro atoms. The van der Waals surface area contributed by atoms with Crippen LogP contribution >= 0.6 is 23.6 Å². The average Bonchev–Trinajstić information content (AvgIpc) is 2.73. The molecule has 1 fully saturated rings. The van der Waals surface area contributed by atoms with Crippen molar-refractivity contribution in [1.29, 1.82) is 0 Å². The molecule has 78 valence electrons. The Labute approximate surface area is 91.7 Å². The van der Waals surface area contributed by atoms with Crippen LogP contribution in [0.1, 0.15) is 13.3 Å². The van der Waals surface area contributed by atoms with E-state index in [1.54, 1.807) is 0 Å². The highest BCUT2D eigenvalue weighted by Crippen LogP contribution is 2.28. The standard InChI is InChI=1S/C8H13N3OS2/c1-8(2-3-12-5-8)4-9-6-10-11-7(13)14-6/h2-5H2,1H3,(H,9,10)(H,11,13). The summed E-state index contributed by atoms with van der Waals surface area (Å²) >= 11 is 6.41. The lowest BCUT2D eigenvalue weighted by Crippen LogP contribution is -2.26. The molecule has 0 amide bonds. The lowest BCUT2D eigenvalue weighted by atomic mass is 9.90. The smallest absolute Gasteiger partial charge is 0.204 e. The van der Waals surface area contributed by atoms with Crippen molar-refractivity contribution in [3.8, 4) is 0 Å². The van der Waals surface area contributed by atoms with Crippen LogP contribution in [0.4, 0.5) is 5.13 Å². The summed E-state index contributed by atoms with van der Waals surface area (Å²) in [6, 6.07) is 0. The first kappa shape index (κ1) is 10.1. The molecule has 1 aromatic rings. The highest BCUT2D eigenvalue weighted by molar-refractivity contribution is 7.73. The maximum atomic E-state index is 5.37. The monoisotopic (exact) mass is 231 g/mol. The Balaban J connectivity index is 1.90. The zero-order chi connectivity index (χ0) is 10.0. The maximum absolute atomic E-state index is 5.37. The van der Waals surface area contributed by atoms with Gasteiger partial charge in [-0.1, -0.05) is 18.3 Å². The van der Waals surface area contributed by atoms with E-state index in [2.05, 4.69) is 22.4 Å². The molecular weight excluding hydrogens is 218 g/mol. The number of hydrogen-bond donors (Lipinski definition) is 2. The SMILES string of the molecule is CC1(CNc2n[nH]c(=S)s2)CCOC1. The summed E-state index contributed by atoms with van der Waals surface area (Å²) < 4.78 is 6.08. The highest BCUT2D eigenvalue weighted by atomic mass is 32.1. The van der Waals surface area contributed by atoms with Crippen molar-refractivity contribution in [3.63, 3.8) is 0 Å². The van der Waals surface area contributed by atoms with Gasteiger partial charge < -0.3 is 10.1 Å². The topological polar surface area (TPSA) is 49.9 Å². The van der Waals surface area contributed by atoms with Crippen LogP contribution in [0.5, 0.6) is 0 Å². The van der Waals surface area contributed by atoms with Crippen molar-refractivity contribution in [2.75, 3.05) is 25.1 Å². The molecule has 0 aliphatic carbocycles. The van der Waals surface area contributed by atoms with Crippen molar-refractivity contribution >= 4 is 28.7 Å². The molecular formula is C8H13N3OS2. The minimum Gasteiger partial charge on any atom is -0.381 e. The summed E-state index contributed by atoms with van der Waals surface area (Å²) in [5.41, 5.74) is 0.243. The van der Waals surface area contributed by atoms with E-state index in [4.69, 9.17) is 17.0 Å². The predicted molar refractivity (Wildman–Crippen MR) is 59.3 cm³/mol. The van der Waals surface area contributed by atoms with Gasteiger partial charge in [0, 0.05) is 18.6 Å². The quantitative estimate of drug-likeness (QED) is 0.782. The zero-order valence-corrected chi connectivity index (χ0v) is 9.63. The van der Waals surface area contributed by atoms with Gasteiger partial charge in [-0.3, -0.25) is 5.10 Å². The number of nitrogens with zero attached hydrogens (tertiary/aromatic N) is 1. The van der Waals surface area contributed by atoms with Crippen molar-refractivity contribution in [3.05, 3.63) is 3.95 Å². The van der Waals surface area contributed by atoms with E-state index in [1.165, 1.54) is 11.3 Å². The minimum absolute atomic E-state index is 0.243. The summed E-state index contributed by atoms with van der Waals surface area (Å²) in [5, 5.41) is 10.9. The molecule has 0 saturated carbocycles. The Morgan fingerprint density at radius 2 is 2.64 bits per heavy atom. The van der Waals surface area contributed by atoms with Crippen LogP contribution < -0.4 is 5.32 Å². The number of H-pyrrole nitrogens is 1. The van der Waals surface area contributed by atoms with E-state index in [0.717, 1.165) is 31.3 Å². The van der Waals surface area contributed by atoms with E-state index in [9.17, 15) is 0 Å². The van der Waals surface area contributed by atoms with E-state index in [-0.39, 0.29) is 5.41 Å². The molecule has 1 atom stereocenters. The Morgan fingerprint density at radius 1 is 1.79 bits per heavy atom. The maximum Gasteiger partial charge on any atom is 0.204 e. The van der Waals surface area contributed by atoms with Crippen LogP contribution in [0.3, 0.4) is 0 Å². The molecule has 2 rings (SSSR count). The van der Waals surface area contributed by atoms with Gasteiger partial charge in [0.1, 0.15) is 0 Å². The number of nitrogens with one attached hydrogen (secondary N) is 2. The summed E-state index contributed by atoms with van der Waals surface area (Å²) in [6.45, 7) is 4.81. The Kier molecular flexibility index (Phi) is 2.85. The number of aromatic nitrogens is 2. The second-order valence-electron chi connectivity index (χ2n) is 3.89. The molecule has 0 bridgehead atoms. The summed E-state index contributed by atoms with van der Waals surface area (Å²) in [6.07, 6.45) is 1.11. The third-order valence-electron chi connectivity index (χ3n) is 2.40. The Morgan fingerprint density at radius 3 is 3.21 bits per heavy atom. The van der Waals surface area contributed by atoms with Gasteiger partial charge in [-0.15, -0.1) is 5.10 Å². The summed E-state index contributed by atoms with van der Waals surface area (Å²) in [4.78, 5) is 0. The number of rotatable bonds is 3. The second kappa shape index (κ2) is 3.96. The Bertz CT molecular complexity index is 353. The zero-order valence-electron chi connectivity index (χ0n) is 8.00. The molecule has 1 aromatic heterocycles. The molecule has 1 unspecified atom stereocenters. The average molecular weight is 231 g/mol. The molecule has 4 nitrogen and oxygen atoms in total. The van der Waals surface area contributed by atoms with Crippen LogP contribution in [0.15, 0.2) is 0 Å². The Hall–Kier alpha value is -0.460. The van der Waals surface area contributed by atoms with Gasteiger partial charge in [0.05, 0.1) is 6.61 Å². The lowest BCUT2D eigenvalue weighted by Gasteiger charge is -2.21. The first-order valence-electron chi connectivity index (χ1n) is 4.55. The predicted octanol–water partition coefficient (Wildman–Crippen LogP) is 2.04. The molecule has 6 heteroatoms. The van der Waals surface area contributed by atoms with Crippen LogP contribution in [0.2, 0.25) is 0 Å². The fraction of sp³-hybridized carbons (Fsp3) is 0.750. The van der Waals surface area contributed by atoms with Gasteiger partial charge in [-0.05, 0) is 18.6 Å². The van der Waals surface area contributed by atoms with Gasteiger partial charge in [0.15, 0.2) is 3.95 Å². The van der Waals surface area contributed by atoms with Crippen molar-refractivity contribution in [1.82, 2.24) is 10.2 Å². The molecule has 14 heavy (non-hydrogen) atoms. The second-order valence-corrected chi connectivity index (χ2v) is 5.55. The van der Waals surface area contributed by atoms with Crippen LogP contribution in [-0.4, -0.2) is 30.0 Å². The van der Waals surface area contributed by atoms with E-state index >= 15 is 0 Å². The summed E-state index contributed by atoms with van der Waals surface area (Å²) in [7, 11) is 0. The van der Waals surface area contributed by atoms with Crippen LogP contribution in [0.25, 0.3) is 0 Å². The van der Waals surface area contributed by atoms with Crippen molar-refractivity contribution in [2.24, 2.45) is 5.41 Å². The molecule has 2 N–H and O–H groups in total. The minimum atomic E-state index is 0.243. The fourth-order valence-corrected chi connectivity index (χ4v) is 2.23.